The molecule has 0 saturated carbocycles. The average Bonchev–Trinajstić information content (AvgIpc) is 3.52. The number of para-hydroxylation sites is 1. The first kappa shape index (κ1) is 23.3. The van der Waals surface area contributed by atoms with E-state index in [0.29, 0.717) is 18.1 Å². The van der Waals surface area contributed by atoms with Crippen LogP contribution in [0.15, 0.2) is 84.0 Å². The van der Waals surface area contributed by atoms with Crippen molar-refractivity contribution in [1.29, 1.82) is 0 Å². The molecule has 3 aromatic heterocycles. The van der Waals surface area contributed by atoms with E-state index in [1.807, 2.05) is 49.4 Å². The number of anilines is 2. The second-order valence-corrected chi connectivity index (χ2v) is 9.30. The molecule has 5 aromatic rings. The molecule has 2 aromatic carbocycles. The molecule has 0 radical (unpaired) electrons. The van der Waals surface area contributed by atoms with E-state index >= 15 is 0 Å². The zero-order chi connectivity index (χ0) is 25.1. The summed E-state index contributed by atoms with van der Waals surface area (Å²) >= 11 is 1.61. The van der Waals surface area contributed by atoms with Crippen LogP contribution in [0.5, 0.6) is 0 Å². The number of furan rings is 1. The Morgan fingerprint density at radius 2 is 1.89 bits per heavy atom. The van der Waals surface area contributed by atoms with E-state index in [1.54, 1.807) is 41.9 Å². The lowest BCUT2D eigenvalue weighted by atomic mass is 10.1. The molecule has 3 heterocycles. The van der Waals surface area contributed by atoms with Crippen LogP contribution in [-0.4, -0.2) is 21.0 Å². The van der Waals surface area contributed by atoms with Gasteiger partial charge in [0.1, 0.15) is 11.4 Å². The van der Waals surface area contributed by atoms with Crippen molar-refractivity contribution >= 4 is 51.9 Å². The van der Waals surface area contributed by atoms with Gasteiger partial charge in [-0.05, 0) is 68.0 Å². The fourth-order valence-electron chi connectivity index (χ4n) is 3.89. The minimum atomic E-state index is -0.961. The van der Waals surface area contributed by atoms with E-state index in [9.17, 15) is 4.79 Å². The Morgan fingerprint density at radius 3 is 2.67 bits per heavy atom. The Bertz CT molecular complexity index is 1600. The molecule has 0 saturated heterocycles. The largest absolute Gasteiger partial charge is 0.478 e. The minimum Gasteiger partial charge on any atom is -0.478 e. The molecule has 7 heteroatoms. The second kappa shape index (κ2) is 10.0. The number of carbonyl (C=O) groups is 1. The van der Waals surface area contributed by atoms with E-state index in [-0.39, 0.29) is 5.56 Å². The number of aryl methyl sites for hydroxylation is 1. The summed E-state index contributed by atoms with van der Waals surface area (Å²) < 4.78 is 5.63. The summed E-state index contributed by atoms with van der Waals surface area (Å²) in [6, 6.07) is 18.6. The standard InChI is InChI=1S/C29H23N3O3S/c1-3-6-23-18(2)30-28(32-27(23)31-21-12-9-19(10-13-21)29(33)34)26-16-15-22(36-26)14-11-20-17-35-25-8-5-4-7-24(20)25/h3-5,7-17H,1,6H2,2H3,(H,33,34)(H,30,31,32)/b14-11+. The van der Waals surface area contributed by atoms with Gasteiger partial charge in [-0.3, -0.25) is 0 Å². The van der Waals surface area contributed by atoms with E-state index < -0.39 is 5.97 Å². The van der Waals surface area contributed by atoms with Crippen molar-refractivity contribution in [3.05, 3.63) is 107 Å². The Kier molecular flexibility index (Phi) is 6.47. The fourth-order valence-corrected chi connectivity index (χ4v) is 4.74. The molecule has 36 heavy (non-hydrogen) atoms. The summed E-state index contributed by atoms with van der Waals surface area (Å²) in [5, 5.41) is 13.6. The number of hydrogen-bond donors (Lipinski definition) is 2. The van der Waals surface area contributed by atoms with Crippen LogP contribution in [-0.2, 0) is 6.42 Å². The molecule has 0 aliphatic heterocycles. The van der Waals surface area contributed by atoms with Gasteiger partial charge in [-0.25, -0.2) is 14.8 Å². The van der Waals surface area contributed by atoms with Gasteiger partial charge in [0, 0.05) is 32.8 Å². The van der Waals surface area contributed by atoms with Gasteiger partial charge in [0.25, 0.3) is 0 Å². The van der Waals surface area contributed by atoms with Gasteiger partial charge in [0.05, 0.1) is 16.7 Å². The molecule has 0 aliphatic carbocycles. The number of nitrogens with zero attached hydrogens (tertiary/aromatic N) is 2. The maximum atomic E-state index is 11.2. The summed E-state index contributed by atoms with van der Waals surface area (Å²) in [6.45, 7) is 5.82. The first-order valence-electron chi connectivity index (χ1n) is 11.3. The predicted octanol–water partition coefficient (Wildman–Crippen LogP) is 7.60. The van der Waals surface area contributed by atoms with Gasteiger partial charge in [-0.15, -0.1) is 17.9 Å². The number of nitrogens with one attached hydrogen (secondary N) is 1. The number of fused-ring (bicyclic) bond motifs is 1. The fraction of sp³-hybridized carbons (Fsp3) is 0.0690. The highest BCUT2D eigenvalue weighted by Crippen LogP contribution is 2.31. The van der Waals surface area contributed by atoms with Crippen LogP contribution in [0.25, 0.3) is 33.8 Å². The molecule has 178 valence electrons. The summed E-state index contributed by atoms with van der Waals surface area (Å²) in [5.41, 5.74) is 4.68. The third kappa shape index (κ3) is 4.82. The highest BCUT2D eigenvalue weighted by Gasteiger charge is 2.14. The van der Waals surface area contributed by atoms with Gasteiger partial charge in [-0.1, -0.05) is 24.3 Å². The zero-order valence-electron chi connectivity index (χ0n) is 19.6. The van der Waals surface area contributed by atoms with Crippen molar-refractivity contribution in [2.45, 2.75) is 13.3 Å². The SMILES string of the molecule is C=CCc1c(C)nc(-c2ccc(/C=C/c3coc4ccccc34)s2)nc1Nc1ccc(C(=O)O)cc1. The highest BCUT2D eigenvalue weighted by molar-refractivity contribution is 7.16. The third-order valence-electron chi connectivity index (χ3n) is 5.74. The molecule has 0 fully saturated rings. The maximum Gasteiger partial charge on any atom is 0.335 e. The van der Waals surface area contributed by atoms with Crippen LogP contribution in [0, 0.1) is 6.92 Å². The van der Waals surface area contributed by atoms with E-state index in [4.69, 9.17) is 19.5 Å². The van der Waals surface area contributed by atoms with E-state index in [0.717, 1.165) is 43.2 Å². The number of allylic oxidation sites excluding steroid dienone is 1. The number of aromatic carboxylic acids is 1. The van der Waals surface area contributed by atoms with Crippen molar-refractivity contribution in [3.8, 4) is 10.7 Å². The number of benzene rings is 2. The van der Waals surface area contributed by atoms with E-state index in [1.165, 1.54) is 0 Å². The van der Waals surface area contributed by atoms with Crippen LogP contribution in [0.4, 0.5) is 11.5 Å². The van der Waals surface area contributed by atoms with Gasteiger partial charge >= 0.3 is 5.97 Å². The normalized spacial score (nSPS) is 11.2. The van der Waals surface area contributed by atoms with Gasteiger partial charge in [0.15, 0.2) is 5.82 Å². The molecule has 0 atom stereocenters. The quantitative estimate of drug-likeness (QED) is 0.216. The highest BCUT2D eigenvalue weighted by atomic mass is 32.1. The Balaban J connectivity index is 1.43. The monoisotopic (exact) mass is 493 g/mol. The molecule has 6 nitrogen and oxygen atoms in total. The summed E-state index contributed by atoms with van der Waals surface area (Å²) in [5.74, 6) is 0.344. The summed E-state index contributed by atoms with van der Waals surface area (Å²) in [7, 11) is 0. The molecule has 0 spiro atoms. The average molecular weight is 494 g/mol. The number of aromatic nitrogens is 2. The summed E-state index contributed by atoms with van der Waals surface area (Å²) in [4.78, 5) is 22.8. The van der Waals surface area contributed by atoms with Crippen LogP contribution in [0.2, 0.25) is 0 Å². The molecule has 2 N–H and O–H groups in total. The Hall–Kier alpha value is -4.49. The smallest absolute Gasteiger partial charge is 0.335 e. The number of rotatable bonds is 8. The predicted molar refractivity (Wildman–Crippen MR) is 146 cm³/mol. The Labute approximate surface area is 212 Å². The van der Waals surface area contributed by atoms with Crippen molar-refractivity contribution in [2.24, 2.45) is 0 Å². The van der Waals surface area contributed by atoms with Crippen molar-refractivity contribution in [3.63, 3.8) is 0 Å². The van der Waals surface area contributed by atoms with E-state index in [2.05, 4.69) is 24.0 Å². The zero-order valence-corrected chi connectivity index (χ0v) is 20.4. The lowest BCUT2D eigenvalue weighted by Crippen LogP contribution is -2.05. The molecule has 0 bridgehead atoms. The number of hydrogen-bond acceptors (Lipinski definition) is 6. The number of carboxylic acid groups (broad SMARTS) is 1. The molecule has 0 aliphatic rings. The van der Waals surface area contributed by atoms with Gasteiger partial charge in [-0.2, -0.15) is 0 Å². The van der Waals surface area contributed by atoms with Gasteiger partial charge in [0.2, 0.25) is 0 Å². The van der Waals surface area contributed by atoms with Crippen LogP contribution < -0.4 is 5.32 Å². The first-order chi connectivity index (χ1) is 17.5. The molecule has 5 rings (SSSR count). The first-order valence-corrected chi connectivity index (χ1v) is 12.2. The lowest BCUT2D eigenvalue weighted by Gasteiger charge is -2.14. The van der Waals surface area contributed by atoms with Crippen molar-refractivity contribution in [1.82, 2.24) is 9.97 Å². The second-order valence-electron chi connectivity index (χ2n) is 8.18. The molecular formula is C29H23N3O3S. The summed E-state index contributed by atoms with van der Waals surface area (Å²) in [6.07, 6.45) is 8.31. The molecule has 0 amide bonds. The minimum absolute atomic E-state index is 0.231. The maximum absolute atomic E-state index is 11.2. The number of thiophene rings is 1. The van der Waals surface area contributed by atoms with Crippen LogP contribution in [0.3, 0.4) is 0 Å². The lowest BCUT2D eigenvalue weighted by molar-refractivity contribution is 0.0697. The van der Waals surface area contributed by atoms with Gasteiger partial charge < -0.3 is 14.8 Å². The van der Waals surface area contributed by atoms with Crippen molar-refractivity contribution < 1.29 is 14.3 Å². The molecular weight excluding hydrogens is 470 g/mol. The topological polar surface area (TPSA) is 88.3 Å². The van der Waals surface area contributed by atoms with Crippen LogP contribution in [0.1, 0.15) is 32.1 Å². The molecule has 0 unspecified atom stereocenters. The van der Waals surface area contributed by atoms with Crippen molar-refractivity contribution in [2.75, 3.05) is 5.32 Å². The van der Waals surface area contributed by atoms with Crippen LogP contribution >= 0.6 is 11.3 Å². The number of carboxylic acids is 1. The third-order valence-corrected chi connectivity index (χ3v) is 6.79. The Morgan fingerprint density at radius 1 is 1.08 bits per heavy atom.